The van der Waals surface area contributed by atoms with Crippen LogP contribution in [0.5, 0.6) is 0 Å². The Morgan fingerprint density at radius 2 is 1.68 bits per heavy atom. The molecule has 204 valence electrons. The molecule has 0 aliphatic carbocycles. The number of hydrogen-bond donors (Lipinski definition) is 1. The molecule has 2 aliphatic heterocycles. The number of carbonyl (C=O) groups excluding carboxylic acids is 2. The van der Waals surface area contributed by atoms with Crippen LogP contribution in [0.4, 0.5) is 15.4 Å². The quantitative estimate of drug-likeness (QED) is 0.623. The van der Waals surface area contributed by atoms with Crippen molar-refractivity contribution in [3.63, 3.8) is 0 Å². The largest absolute Gasteiger partial charge is 0.444 e. The number of nitrogens with one attached hydrogen (secondary N) is 1. The van der Waals surface area contributed by atoms with Crippen LogP contribution in [0, 0.1) is 0 Å². The van der Waals surface area contributed by atoms with Gasteiger partial charge in [0.05, 0.1) is 18.4 Å². The summed E-state index contributed by atoms with van der Waals surface area (Å²) < 4.78 is 13.1. The Morgan fingerprint density at radius 1 is 1.00 bits per heavy atom. The highest BCUT2D eigenvalue weighted by Crippen LogP contribution is 2.25. The maximum absolute atomic E-state index is 12.8. The summed E-state index contributed by atoms with van der Waals surface area (Å²) in [6.45, 7) is 16.0. The fourth-order valence-corrected chi connectivity index (χ4v) is 4.58. The second-order valence-corrected chi connectivity index (χ2v) is 11.7. The zero-order chi connectivity index (χ0) is 26.9. The van der Waals surface area contributed by atoms with Crippen molar-refractivity contribution in [3.05, 3.63) is 17.7 Å². The molecule has 2 saturated heterocycles. The van der Waals surface area contributed by atoms with Crippen LogP contribution in [0.3, 0.4) is 0 Å². The molecule has 0 spiro atoms. The van der Waals surface area contributed by atoms with Gasteiger partial charge in [-0.3, -0.25) is 0 Å². The predicted octanol–water partition coefficient (Wildman–Crippen LogP) is 4.39. The standard InChI is InChI=1S/C26H41N7O4/c1-16(2)20-14-27-23-22(29-21(17(3)4)30-33(20)23)28-18-8-11-31(12-9-18)24(34)36-19-10-13-32(15-19)25(35)37-26(5,6)7/h14,16-19H,8-13,15H2,1-7H3,(H,28,29,30)/t19-/m0/s1. The summed E-state index contributed by atoms with van der Waals surface area (Å²) in [5.41, 5.74) is 1.23. The number of hydrogen-bond acceptors (Lipinski definition) is 8. The van der Waals surface area contributed by atoms with Crippen molar-refractivity contribution in [2.75, 3.05) is 31.5 Å². The molecule has 37 heavy (non-hydrogen) atoms. The number of rotatable bonds is 5. The van der Waals surface area contributed by atoms with Crippen molar-refractivity contribution in [2.24, 2.45) is 0 Å². The van der Waals surface area contributed by atoms with Gasteiger partial charge in [0.25, 0.3) is 0 Å². The van der Waals surface area contributed by atoms with Crippen molar-refractivity contribution in [1.82, 2.24) is 29.4 Å². The van der Waals surface area contributed by atoms with Gasteiger partial charge in [0.15, 0.2) is 17.3 Å². The summed E-state index contributed by atoms with van der Waals surface area (Å²) in [7, 11) is 0. The molecule has 2 amide bonds. The Labute approximate surface area is 218 Å². The first-order valence-corrected chi connectivity index (χ1v) is 13.4. The van der Waals surface area contributed by atoms with Crippen LogP contribution in [0.15, 0.2) is 6.20 Å². The molecule has 2 aromatic heterocycles. The summed E-state index contributed by atoms with van der Waals surface area (Å²) in [5, 5.41) is 8.30. The molecule has 11 nitrogen and oxygen atoms in total. The van der Waals surface area contributed by atoms with E-state index in [1.54, 1.807) is 9.80 Å². The average Bonchev–Trinajstić information content (AvgIpc) is 3.45. The van der Waals surface area contributed by atoms with E-state index in [9.17, 15) is 9.59 Å². The Morgan fingerprint density at radius 3 is 2.30 bits per heavy atom. The molecule has 2 aromatic rings. The van der Waals surface area contributed by atoms with Crippen LogP contribution in [-0.2, 0) is 9.47 Å². The number of amides is 2. The van der Waals surface area contributed by atoms with Gasteiger partial charge in [0.1, 0.15) is 11.7 Å². The molecule has 1 atom stereocenters. The van der Waals surface area contributed by atoms with E-state index in [4.69, 9.17) is 19.6 Å². The minimum atomic E-state index is -0.549. The summed E-state index contributed by atoms with van der Waals surface area (Å²) in [6.07, 6.45) is 3.04. The number of aromatic nitrogens is 4. The van der Waals surface area contributed by atoms with Gasteiger partial charge in [-0.05, 0) is 39.5 Å². The summed E-state index contributed by atoms with van der Waals surface area (Å²) in [4.78, 5) is 37.8. The molecule has 2 fully saturated rings. The number of ether oxygens (including phenoxy) is 2. The first kappa shape index (κ1) is 26.9. The molecular formula is C26H41N7O4. The maximum Gasteiger partial charge on any atom is 0.410 e. The Kier molecular flexibility index (Phi) is 7.80. The molecule has 11 heteroatoms. The molecule has 0 bridgehead atoms. The van der Waals surface area contributed by atoms with E-state index in [1.165, 1.54) is 0 Å². The SMILES string of the molecule is CC(C)c1nc(NC2CCN(C(=O)O[C@H]3CCN(C(=O)OC(C)(C)C)C3)CC2)c2ncc(C(C)C)n2n1. The van der Waals surface area contributed by atoms with Gasteiger partial charge in [0, 0.05) is 38.0 Å². The number of piperidine rings is 1. The number of imidazole rings is 1. The van der Waals surface area contributed by atoms with Crippen LogP contribution in [-0.4, -0.2) is 85.5 Å². The third-order valence-electron chi connectivity index (χ3n) is 6.67. The monoisotopic (exact) mass is 515 g/mol. The highest BCUT2D eigenvalue weighted by atomic mass is 16.6. The Balaban J connectivity index is 1.32. The minimum Gasteiger partial charge on any atom is -0.444 e. The van der Waals surface area contributed by atoms with Gasteiger partial charge in [-0.15, -0.1) is 0 Å². The van der Waals surface area contributed by atoms with Crippen molar-refractivity contribution < 1.29 is 19.1 Å². The van der Waals surface area contributed by atoms with Gasteiger partial charge in [-0.25, -0.2) is 24.1 Å². The fraction of sp³-hybridized carbons (Fsp3) is 0.731. The first-order valence-electron chi connectivity index (χ1n) is 13.4. The van der Waals surface area contributed by atoms with E-state index < -0.39 is 5.60 Å². The van der Waals surface area contributed by atoms with E-state index >= 15 is 0 Å². The summed E-state index contributed by atoms with van der Waals surface area (Å²) in [5.74, 6) is 1.99. The predicted molar refractivity (Wildman–Crippen MR) is 140 cm³/mol. The Hall–Kier alpha value is -3.11. The van der Waals surface area contributed by atoms with Crippen molar-refractivity contribution in [1.29, 1.82) is 0 Å². The number of nitrogens with zero attached hydrogens (tertiary/aromatic N) is 6. The molecule has 0 unspecified atom stereocenters. The third kappa shape index (κ3) is 6.42. The van der Waals surface area contributed by atoms with Crippen LogP contribution in [0.2, 0.25) is 0 Å². The highest BCUT2D eigenvalue weighted by molar-refractivity contribution is 5.70. The van der Waals surface area contributed by atoms with Crippen molar-refractivity contribution in [2.45, 2.75) is 97.3 Å². The van der Waals surface area contributed by atoms with E-state index in [1.807, 2.05) is 31.5 Å². The third-order valence-corrected chi connectivity index (χ3v) is 6.67. The second kappa shape index (κ2) is 10.7. The smallest absolute Gasteiger partial charge is 0.410 e. The lowest BCUT2D eigenvalue weighted by molar-refractivity contribution is 0.0235. The zero-order valence-electron chi connectivity index (χ0n) is 23.2. The molecular weight excluding hydrogens is 474 g/mol. The highest BCUT2D eigenvalue weighted by Gasteiger charge is 2.33. The molecule has 4 rings (SSSR count). The number of carbonyl (C=O) groups is 2. The fourth-order valence-electron chi connectivity index (χ4n) is 4.58. The molecule has 4 heterocycles. The lowest BCUT2D eigenvalue weighted by atomic mass is 10.1. The molecule has 0 saturated carbocycles. The van der Waals surface area contributed by atoms with Gasteiger partial charge in [-0.1, -0.05) is 27.7 Å². The summed E-state index contributed by atoms with van der Waals surface area (Å²) >= 11 is 0. The average molecular weight is 516 g/mol. The van der Waals surface area contributed by atoms with E-state index in [0.29, 0.717) is 38.5 Å². The second-order valence-electron chi connectivity index (χ2n) is 11.7. The van der Waals surface area contributed by atoms with Crippen LogP contribution in [0.25, 0.3) is 5.65 Å². The summed E-state index contributed by atoms with van der Waals surface area (Å²) in [6, 6.07) is 0.163. The molecule has 1 N–H and O–H groups in total. The van der Waals surface area contributed by atoms with Gasteiger partial charge < -0.3 is 24.6 Å². The van der Waals surface area contributed by atoms with Crippen LogP contribution >= 0.6 is 0 Å². The van der Waals surface area contributed by atoms with Gasteiger partial charge in [0.2, 0.25) is 0 Å². The topological polar surface area (TPSA) is 114 Å². The number of anilines is 1. The first-order chi connectivity index (χ1) is 17.4. The van der Waals surface area contributed by atoms with Gasteiger partial charge in [-0.2, -0.15) is 5.10 Å². The molecule has 0 aromatic carbocycles. The molecule has 2 aliphatic rings. The van der Waals surface area contributed by atoms with Crippen LogP contribution < -0.4 is 5.32 Å². The van der Waals surface area contributed by atoms with E-state index in [0.717, 1.165) is 35.8 Å². The van der Waals surface area contributed by atoms with Crippen molar-refractivity contribution >= 4 is 23.7 Å². The lowest BCUT2D eigenvalue weighted by Crippen LogP contribution is -2.44. The van der Waals surface area contributed by atoms with E-state index in [-0.39, 0.29) is 30.3 Å². The van der Waals surface area contributed by atoms with Crippen LogP contribution in [0.1, 0.15) is 91.1 Å². The van der Waals surface area contributed by atoms with E-state index in [2.05, 4.69) is 38.0 Å². The zero-order valence-corrected chi connectivity index (χ0v) is 23.2. The van der Waals surface area contributed by atoms with Crippen molar-refractivity contribution in [3.8, 4) is 0 Å². The maximum atomic E-state index is 12.8. The number of likely N-dealkylation sites (tertiary alicyclic amines) is 2. The lowest BCUT2D eigenvalue weighted by Gasteiger charge is -2.32. The molecule has 0 radical (unpaired) electrons. The number of fused-ring (bicyclic) bond motifs is 1. The minimum absolute atomic E-state index is 0.163. The normalized spacial score (nSPS) is 19.2. The van der Waals surface area contributed by atoms with Gasteiger partial charge >= 0.3 is 12.2 Å². The Bertz CT molecular complexity index is 1120.